The second-order valence-electron chi connectivity index (χ2n) is 6.23. The minimum Gasteiger partial charge on any atom is -0.481 e. The summed E-state index contributed by atoms with van der Waals surface area (Å²) in [5.41, 5.74) is 4.49. The Labute approximate surface area is 152 Å². The summed E-state index contributed by atoms with van der Waals surface area (Å²) in [7, 11) is 0. The number of carboxylic acids is 1. The molecular weight excluding hydrogens is 338 g/mol. The molecule has 0 saturated carbocycles. The number of aromatic amines is 1. The van der Waals surface area contributed by atoms with Crippen LogP contribution in [-0.2, 0) is 17.8 Å². The lowest BCUT2D eigenvalue weighted by Crippen LogP contribution is -2.32. The molecule has 0 spiro atoms. The molecule has 1 aromatic heterocycles. The second-order valence-corrected chi connectivity index (χ2v) is 6.23. The highest BCUT2D eigenvalue weighted by atomic mass is 35.5. The summed E-state index contributed by atoms with van der Waals surface area (Å²) in [6, 6.07) is 14.6. The first kappa shape index (κ1) is 17.5. The molecule has 25 heavy (non-hydrogen) atoms. The maximum atomic E-state index is 10.8. The van der Waals surface area contributed by atoms with Gasteiger partial charge in [-0.3, -0.25) is 14.8 Å². The Hall–Kier alpha value is -2.37. The van der Waals surface area contributed by atoms with Crippen LogP contribution in [0.25, 0.3) is 22.0 Å². The van der Waals surface area contributed by atoms with Crippen molar-refractivity contribution in [1.82, 2.24) is 15.1 Å². The summed E-state index contributed by atoms with van der Waals surface area (Å²) >= 11 is 0. The van der Waals surface area contributed by atoms with E-state index in [9.17, 15) is 4.79 Å². The molecule has 2 heterocycles. The number of carbonyl (C=O) groups is 1. The molecule has 3 aromatic rings. The second kappa shape index (κ2) is 7.25. The van der Waals surface area contributed by atoms with Crippen molar-refractivity contribution in [1.29, 1.82) is 0 Å². The van der Waals surface area contributed by atoms with E-state index >= 15 is 0 Å². The van der Waals surface area contributed by atoms with Gasteiger partial charge < -0.3 is 5.11 Å². The lowest BCUT2D eigenvalue weighted by Gasteiger charge is -2.26. The van der Waals surface area contributed by atoms with Crippen molar-refractivity contribution in [2.75, 3.05) is 13.1 Å². The van der Waals surface area contributed by atoms with Crippen LogP contribution in [0.15, 0.2) is 42.5 Å². The quantitative estimate of drug-likeness (QED) is 0.750. The Balaban J connectivity index is 0.00000182. The van der Waals surface area contributed by atoms with Crippen LogP contribution >= 0.6 is 12.4 Å². The van der Waals surface area contributed by atoms with Gasteiger partial charge in [-0.2, -0.15) is 5.10 Å². The molecule has 0 amide bonds. The van der Waals surface area contributed by atoms with E-state index in [1.165, 1.54) is 22.0 Å². The molecule has 130 valence electrons. The van der Waals surface area contributed by atoms with Crippen molar-refractivity contribution in [3.05, 3.63) is 53.7 Å². The highest BCUT2D eigenvalue weighted by molar-refractivity contribution is 5.96. The van der Waals surface area contributed by atoms with Gasteiger partial charge in [-0.25, -0.2) is 0 Å². The van der Waals surface area contributed by atoms with Gasteiger partial charge in [0.05, 0.1) is 12.1 Å². The minimum atomic E-state index is -0.748. The van der Waals surface area contributed by atoms with E-state index in [0.717, 1.165) is 30.8 Å². The van der Waals surface area contributed by atoms with Gasteiger partial charge in [-0.15, -0.1) is 12.4 Å². The van der Waals surface area contributed by atoms with Gasteiger partial charge in [0.1, 0.15) is 0 Å². The molecule has 0 saturated heterocycles. The van der Waals surface area contributed by atoms with Gasteiger partial charge in [-0.1, -0.05) is 42.5 Å². The summed E-state index contributed by atoms with van der Waals surface area (Å²) < 4.78 is 0. The average Bonchev–Trinajstić information content (AvgIpc) is 3.02. The number of aliphatic carboxylic acids is 1. The van der Waals surface area contributed by atoms with E-state index in [2.05, 4.69) is 45.4 Å². The maximum Gasteiger partial charge on any atom is 0.304 e. The molecule has 0 atom stereocenters. The van der Waals surface area contributed by atoms with E-state index in [1.807, 2.05) is 12.1 Å². The fourth-order valence-corrected chi connectivity index (χ4v) is 3.45. The summed E-state index contributed by atoms with van der Waals surface area (Å²) in [4.78, 5) is 13.0. The first-order valence-corrected chi connectivity index (χ1v) is 8.21. The Morgan fingerprint density at radius 2 is 2.00 bits per heavy atom. The molecule has 2 aromatic carbocycles. The standard InChI is InChI=1S/C19H19N3O2.ClH/c23-18(24)9-11-22-10-8-17-16(12-22)19(21-20-17)15-7-3-5-13-4-1-2-6-14(13)15;/h1-7H,8-12H2,(H,20,21)(H,23,24);1H. The summed E-state index contributed by atoms with van der Waals surface area (Å²) in [6.07, 6.45) is 1.06. The SMILES string of the molecule is Cl.O=C(O)CCN1CCc2[nH]nc(-c3cccc4ccccc34)c2C1. The number of halogens is 1. The maximum absolute atomic E-state index is 10.8. The predicted molar refractivity (Wildman–Crippen MR) is 100 cm³/mol. The number of nitrogens with one attached hydrogen (secondary N) is 1. The van der Waals surface area contributed by atoms with Gasteiger partial charge in [0.2, 0.25) is 0 Å². The molecule has 6 heteroatoms. The summed E-state index contributed by atoms with van der Waals surface area (Å²) in [5, 5.41) is 19.1. The number of benzene rings is 2. The molecular formula is C19H20ClN3O2. The number of rotatable bonds is 4. The van der Waals surface area contributed by atoms with Crippen LogP contribution in [0.5, 0.6) is 0 Å². The average molecular weight is 358 g/mol. The zero-order chi connectivity index (χ0) is 16.5. The van der Waals surface area contributed by atoms with Gasteiger partial charge in [0.25, 0.3) is 0 Å². The Morgan fingerprint density at radius 1 is 1.20 bits per heavy atom. The highest BCUT2D eigenvalue weighted by Gasteiger charge is 2.23. The van der Waals surface area contributed by atoms with Crippen molar-refractivity contribution in [3.8, 4) is 11.3 Å². The monoisotopic (exact) mass is 357 g/mol. The van der Waals surface area contributed by atoms with Gasteiger partial charge >= 0.3 is 5.97 Å². The van der Waals surface area contributed by atoms with Gasteiger partial charge in [0.15, 0.2) is 0 Å². The third-order valence-electron chi connectivity index (χ3n) is 4.70. The topological polar surface area (TPSA) is 69.2 Å². The van der Waals surface area contributed by atoms with E-state index < -0.39 is 5.97 Å². The third-order valence-corrected chi connectivity index (χ3v) is 4.70. The fraction of sp³-hybridized carbons (Fsp3) is 0.263. The predicted octanol–water partition coefficient (Wildman–Crippen LogP) is 3.48. The van der Waals surface area contributed by atoms with Crippen molar-refractivity contribution < 1.29 is 9.90 Å². The highest BCUT2D eigenvalue weighted by Crippen LogP contribution is 2.33. The molecule has 1 aliphatic heterocycles. The lowest BCUT2D eigenvalue weighted by molar-refractivity contribution is -0.137. The first-order chi connectivity index (χ1) is 11.7. The Bertz CT molecular complexity index is 901. The van der Waals surface area contributed by atoms with Crippen LogP contribution in [0.1, 0.15) is 17.7 Å². The Morgan fingerprint density at radius 3 is 2.84 bits per heavy atom. The Kier molecular flexibility index (Phi) is 5.06. The zero-order valence-corrected chi connectivity index (χ0v) is 14.6. The van der Waals surface area contributed by atoms with Crippen LogP contribution in [0, 0.1) is 0 Å². The van der Waals surface area contributed by atoms with Gasteiger partial charge in [0, 0.05) is 42.9 Å². The summed E-state index contributed by atoms with van der Waals surface area (Å²) in [6.45, 7) is 2.20. The van der Waals surface area contributed by atoms with Crippen LogP contribution in [-0.4, -0.2) is 39.3 Å². The number of aromatic nitrogens is 2. The van der Waals surface area contributed by atoms with E-state index in [4.69, 9.17) is 5.11 Å². The number of carboxylic acid groups (broad SMARTS) is 1. The number of fused-ring (bicyclic) bond motifs is 2. The smallest absolute Gasteiger partial charge is 0.304 e. The minimum absolute atomic E-state index is 0. The zero-order valence-electron chi connectivity index (χ0n) is 13.7. The van der Waals surface area contributed by atoms with Crippen LogP contribution in [0.4, 0.5) is 0 Å². The number of H-pyrrole nitrogens is 1. The van der Waals surface area contributed by atoms with Gasteiger partial charge in [-0.05, 0) is 10.8 Å². The lowest BCUT2D eigenvalue weighted by atomic mass is 9.97. The molecule has 2 N–H and O–H groups in total. The van der Waals surface area contributed by atoms with Crippen molar-refractivity contribution >= 4 is 29.1 Å². The normalized spacial score (nSPS) is 14.1. The van der Waals surface area contributed by atoms with Crippen molar-refractivity contribution in [2.24, 2.45) is 0 Å². The molecule has 4 rings (SSSR count). The van der Waals surface area contributed by atoms with Crippen LogP contribution in [0.3, 0.4) is 0 Å². The number of hydrogen-bond donors (Lipinski definition) is 2. The number of nitrogens with zero attached hydrogens (tertiary/aromatic N) is 2. The largest absolute Gasteiger partial charge is 0.481 e. The van der Waals surface area contributed by atoms with E-state index in [-0.39, 0.29) is 18.8 Å². The molecule has 1 aliphatic rings. The molecule has 5 nitrogen and oxygen atoms in total. The molecule has 0 radical (unpaired) electrons. The first-order valence-electron chi connectivity index (χ1n) is 8.21. The van der Waals surface area contributed by atoms with Crippen LogP contribution < -0.4 is 0 Å². The molecule has 0 aliphatic carbocycles. The third kappa shape index (κ3) is 3.38. The molecule has 0 bridgehead atoms. The van der Waals surface area contributed by atoms with Crippen molar-refractivity contribution in [3.63, 3.8) is 0 Å². The number of hydrogen-bond acceptors (Lipinski definition) is 3. The molecule has 0 unspecified atom stereocenters. The van der Waals surface area contributed by atoms with Crippen molar-refractivity contribution in [2.45, 2.75) is 19.4 Å². The molecule has 0 fully saturated rings. The summed E-state index contributed by atoms with van der Waals surface area (Å²) in [5.74, 6) is -0.748. The van der Waals surface area contributed by atoms with Crippen LogP contribution in [0.2, 0.25) is 0 Å². The fourth-order valence-electron chi connectivity index (χ4n) is 3.45. The van der Waals surface area contributed by atoms with E-state index in [0.29, 0.717) is 6.54 Å². The van der Waals surface area contributed by atoms with E-state index in [1.54, 1.807) is 0 Å².